The van der Waals surface area contributed by atoms with Crippen LogP contribution in [-0.4, -0.2) is 74.0 Å². The Morgan fingerprint density at radius 2 is 1.74 bits per heavy atom. The molecule has 160 valence electrons. The van der Waals surface area contributed by atoms with Gasteiger partial charge in [0.2, 0.25) is 5.91 Å². The van der Waals surface area contributed by atoms with Gasteiger partial charge in [-0.1, -0.05) is 40.0 Å². The first-order valence-electron chi connectivity index (χ1n) is 10.4. The summed E-state index contributed by atoms with van der Waals surface area (Å²) in [5.74, 6) is 1.10. The Kier molecular flexibility index (Phi) is 14.1. The molecule has 1 amide bonds. The number of aliphatic imine (C=N–C) groups is 1. The van der Waals surface area contributed by atoms with Crippen molar-refractivity contribution in [1.29, 1.82) is 0 Å². The van der Waals surface area contributed by atoms with Crippen LogP contribution in [0.4, 0.5) is 0 Å². The van der Waals surface area contributed by atoms with Gasteiger partial charge in [0, 0.05) is 59.3 Å². The highest BCUT2D eigenvalue weighted by atomic mass is 127. The molecule has 0 saturated carbocycles. The first-order chi connectivity index (χ1) is 12.4. The van der Waals surface area contributed by atoms with E-state index in [0.29, 0.717) is 0 Å². The van der Waals surface area contributed by atoms with E-state index in [4.69, 9.17) is 4.99 Å². The maximum absolute atomic E-state index is 11.4. The normalized spacial score (nSPS) is 16.0. The minimum absolute atomic E-state index is 0. The topological polar surface area (TPSA) is 60.0 Å². The molecular weight excluding hydrogens is 453 g/mol. The second-order valence-electron chi connectivity index (χ2n) is 8.09. The SMILES string of the molecule is CCCCCC(C)(C)CN=C(NCC)NCCN1CCN(C(C)=O)CC1.I. The number of piperazine rings is 1. The zero-order chi connectivity index (χ0) is 19.4. The van der Waals surface area contributed by atoms with Crippen molar-refractivity contribution >= 4 is 35.8 Å². The molecule has 1 heterocycles. The summed E-state index contributed by atoms with van der Waals surface area (Å²) in [5, 5.41) is 6.81. The number of hydrogen-bond donors (Lipinski definition) is 2. The molecule has 0 bridgehead atoms. The second-order valence-corrected chi connectivity index (χ2v) is 8.09. The number of carbonyl (C=O) groups is 1. The molecule has 0 aliphatic carbocycles. The first kappa shape index (κ1) is 26.4. The standard InChI is InChI=1S/C20H41N5O.HI/c1-6-8-9-10-20(4,5)17-23-19(21-7-2)22-11-12-24-13-15-25(16-14-24)18(3)26;/h6-17H2,1-5H3,(H2,21,22,23);1H. The molecule has 1 rings (SSSR count). The lowest BCUT2D eigenvalue weighted by molar-refractivity contribution is -0.130. The van der Waals surface area contributed by atoms with Gasteiger partial charge < -0.3 is 15.5 Å². The van der Waals surface area contributed by atoms with Crippen LogP contribution < -0.4 is 10.6 Å². The van der Waals surface area contributed by atoms with Crippen LogP contribution in [0.1, 0.15) is 60.3 Å². The third-order valence-corrected chi connectivity index (χ3v) is 5.00. The van der Waals surface area contributed by atoms with Crippen LogP contribution in [0.5, 0.6) is 0 Å². The van der Waals surface area contributed by atoms with Crippen LogP contribution >= 0.6 is 24.0 Å². The molecule has 1 saturated heterocycles. The van der Waals surface area contributed by atoms with Gasteiger partial charge >= 0.3 is 0 Å². The van der Waals surface area contributed by atoms with E-state index in [1.807, 2.05) is 4.90 Å². The summed E-state index contributed by atoms with van der Waals surface area (Å²) in [6.45, 7) is 17.8. The summed E-state index contributed by atoms with van der Waals surface area (Å²) in [4.78, 5) is 20.5. The van der Waals surface area contributed by atoms with Gasteiger partial charge in [-0.05, 0) is 18.8 Å². The van der Waals surface area contributed by atoms with Crippen LogP contribution in [0.2, 0.25) is 0 Å². The van der Waals surface area contributed by atoms with Crippen molar-refractivity contribution in [3.63, 3.8) is 0 Å². The van der Waals surface area contributed by atoms with Crippen LogP contribution in [0.3, 0.4) is 0 Å². The Morgan fingerprint density at radius 3 is 2.30 bits per heavy atom. The van der Waals surface area contributed by atoms with E-state index in [-0.39, 0.29) is 35.3 Å². The molecular formula is C20H42IN5O. The lowest BCUT2D eigenvalue weighted by atomic mass is 9.87. The fourth-order valence-corrected chi connectivity index (χ4v) is 3.19. The van der Waals surface area contributed by atoms with E-state index >= 15 is 0 Å². The molecule has 6 nitrogen and oxygen atoms in total. The number of hydrogen-bond acceptors (Lipinski definition) is 3. The third-order valence-electron chi connectivity index (χ3n) is 5.00. The van der Waals surface area contributed by atoms with E-state index < -0.39 is 0 Å². The third kappa shape index (κ3) is 11.8. The van der Waals surface area contributed by atoms with Crippen LogP contribution in [0, 0.1) is 5.41 Å². The molecule has 27 heavy (non-hydrogen) atoms. The molecule has 0 aromatic heterocycles. The highest BCUT2D eigenvalue weighted by Crippen LogP contribution is 2.23. The van der Waals surface area contributed by atoms with E-state index in [2.05, 4.69) is 43.2 Å². The Hall–Kier alpha value is -0.570. The van der Waals surface area contributed by atoms with Gasteiger partial charge in [-0.2, -0.15) is 0 Å². The minimum Gasteiger partial charge on any atom is -0.357 e. The average Bonchev–Trinajstić information content (AvgIpc) is 2.60. The second kappa shape index (κ2) is 14.4. The number of halogens is 1. The Morgan fingerprint density at radius 1 is 1.07 bits per heavy atom. The van der Waals surface area contributed by atoms with Crippen molar-refractivity contribution in [2.75, 3.05) is 52.4 Å². The lowest BCUT2D eigenvalue weighted by Crippen LogP contribution is -2.50. The van der Waals surface area contributed by atoms with Crippen molar-refractivity contribution in [1.82, 2.24) is 20.4 Å². The van der Waals surface area contributed by atoms with Crippen molar-refractivity contribution < 1.29 is 4.79 Å². The first-order valence-corrected chi connectivity index (χ1v) is 10.4. The smallest absolute Gasteiger partial charge is 0.219 e. The molecule has 1 fully saturated rings. The van der Waals surface area contributed by atoms with Gasteiger partial charge in [-0.15, -0.1) is 24.0 Å². The van der Waals surface area contributed by atoms with Gasteiger partial charge in [0.1, 0.15) is 0 Å². The highest BCUT2D eigenvalue weighted by Gasteiger charge is 2.19. The Labute approximate surface area is 183 Å². The molecule has 0 radical (unpaired) electrons. The van der Waals surface area contributed by atoms with Gasteiger partial charge in [0.15, 0.2) is 5.96 Å². The van der Waals surface area contributed by atoms with Crippen molar-refractivity contribution in [3.8, 4) is 0 Å². The van der Waals surface area contributed by atoms with Crippen molar-refractivity contribution in [2.24, 2.45) is 10.4 Å². The molecule has 0 spiro atoms. The van der Waals surface area contributed by atoms with Crippen LogP contribution in [0.15, 0.2) is 4.99 Å². The molecule has 1 aliphatic heterocycles. The number of nitrogens with zero attached hydrogens (tertiary/aromatic N) is 3. The summed E-state index contributed by atoms with van der Waals surface area (Å²) in [7, 11) is 0. The molecule has 1 aliphatic rings. The van der Waals surface area contributed by atoms with Crippen LogP contribution in [-0.2, 0) is 4.79 Å². The predicted octanol–water partition coefficient (Wildman–Crippen LogP) is 2.93. The van der Waals surface area contributed by atoms with Gasteiger partial charge in [-0.25, -0.2) is 0 Å². The van der Waals surface area contributed by atoms with E-state index in [1.165, 1.54) is 25.7 Å². The fourth-order valence-electron chi connectivity index (χ4n) is 3.19. The number of rotatable bonds is 10. The molecule has 7 heteroatoms. The number of guanidine groups is 1. The monoisotopic (exact) mass is 495 g/mol. The minimum atomic E-state index is 0. The molecule has 2 N–H and O–H groups in total. The molecule has 0 aromatic carbocycles. The van der Waals surface area contributed by atoms with E-state index in [0.717, 1.165) is 58.3 Å². The number of amides is 1. The molecule has 0 aromatic rings. The zero-order valence-electron chi connectivity index (χ0n) is 18.1. The van der Waals surface area contributed by atoms with Crippen LogP contribution in [0.25, 0.3) is 0 Å². The number of unbranched alkanes of at least 4 members (excludes halogenated alkanes) is 2. The fraction of sp³-hybridized carbons (Fsp3) is 0.900. The van der Waals surface area contributed by atoms with E-state index in [1.54, 1.807) is 6.92 Å². The quantitative estimate of drug-likeness (QED) is 0.212. The summed E-state index contributed by atoms with van der Waals surface area (Å²) < 4.78 is 0. The number of nitrogens with one attached hydrogen (secondary N) is 2. The zero-order valence-corrected chi connectivity index (χ0v) is 20.5. The Bertz CT molecular complexity index is 434. The average molecular weight is 495 g/mol. The van der Waals surface area contributed by atoms with E-state index in [9.17, 15) is 4.79 Å². The van der Waals surface area contributed by atoms with Crippen molar-refractivity contribution in [3.05, 3.63) is 0 Å². The highest BCUT2D eigenvalue weighted by molar-refractivity contribution is 14.0. The summed E-state index contributed by atoms with van der Waals surface area (Å²) in [6.07, 6.45) is 5.09. The lowest BCUT2D eigenvalue weighted by Gasteiger charge is -2.34. The maximum Gasteiger partial charge on any atom is 0.219 e. The predicted molar refractivity (Wildman–Crippen MR) is 126 cm³/mol. The summed E-state index contributed by atoms with van der Waals surface area (Å²) in [6, 6.07) is 0. The Balaban J connectivity index is 0.00000676. The number of carbonyl (C=O) groups excluding carboxylic acids is 1. The van der Waals surface area contributed by atoms with Crippen molar-refractivity contribution in [2.45, 2.75) is 60.3 Å². The molecule has 0 unspecified atom stereocenters. The van der Waals surface area contributed by atoms with Gasteiger partial charge in [0.25, 0.3) is 0 Å². The van der Waals surface area contributed by atoms with Gasteiger partial charge in [-0.3, -0.25) is 14.7 Å². The van der Waals surface area contributed by atoms with Gasteiger partial charge in [0.05, 0.1) is 0 Å². The summed E-state index contributed by atoms with van der Waals surface area (Å²) >= 11 is 0. The largest absolute Gasteiger partial charge is 0.357 e. The maximum atomic E-state index is 11.4. The summed E-state index contributed by atoms with van der Waals surface area (Å²) in [5.41, 5.74) is 0.251. The molecule has 0 atom stereocenters.